The van der Waals surface area contributed by atoms with Gasteiger partial charge in [-0.2, -0.15) is 0 Å². The lowest BCUT2D eigenvalue weighted by molar-refractivity contribution is -0.130. The van der Waals surface area contributed by atoms with Crippen LogP contribution in [0.1, 0.15) is 38.3 Å². The smallest absolute Gasteiger partial charge is 0.325 e. The van der Waals surface area contributed by atoms with E-state index in [0.29, 0.717) is 18.7 Å². The van der Waals surface area contributed by atoms with Gasteiger partial charge >= 0.3 is 12.1 Å². The highest BCUT2D eigenvalue weighted by molar-refractivity contribution is 6.00. The van der Waals surface area contributed by atoms with Crippen molar-refractivity contribution in [2.24, 2.45) is 5.92 Å². The Kier molecular flexibility index (Phi) is 5.38. The fraction of sp³-hybridized carbons (Fsp3) is 0.500. The molecule has 2 aliphatic rings. The summed E-state index contributed by atoms with van der Waals surface area (Å²) in [6, 6.07) is 3.07. The monoisotopic (exact) mass is 376 g/mol. The zero-order valence-corrected chi connectivity index (χ0v) is 15.3. The Morgan fingerprint density at radius 2 is 1.96 bits per heavy atom. The number of phenols is 1. The third kappa shape index (κ3) is 3.62. The normalized spacial score (nSPS) is 24.6. The lowest BCUT2D eigenvalue weighted by atomic mass is 9.86. The number of hydrogen-bond donors (Lipinski definition) is 4. The Balaban J connectivity index is 1.96. The first-order valence-electron chi connectivity index (χ1n) is 9.10. The van der Waals surface area contributed by atoms with E-state index in [0.717, 1.165) is 12.8 Å². The number of amides is 5. The Hall–Kier alpha value is -2.97. The van der Waals surface area contributed by atoms with E-state index in [9.17, 15) is 19.5 Å². The molecule has 0 bridgehead atoms. The maximum absolute atomic E-state index is 12.6. The molecule has 3 atom stereocenters. The second kappa shape index (κ2) is 7.73. The summed E-state index contributed by atoms with van der Waals surface area (Å²) in [5.41, 5.74) is 0.612. The number of nitrogens with one attached hydrogen (secondary N) is 3. The van der Waals surface area contributed by atoms with Crippen LogP contribution in [0.2, 0.25) is 0 Å². The maximum Gasteiger partial charge on any atom is 0.325 e. The summed E-state index contributed by atoms with van der Waals surface area (Å²) in [6.45, 7) is 4.59. The van der Waals surface area contributed by atoms with Crippen LogP contribution < -0.4 is 20.7 Å². The van der Waals surface area contributed by atoms with Gasteiger partial charge < -0.3 is 25.4 Å². The first-order chi connectivity index (χ1) is 13.0. The van der Waals surface area contributed by atoms with E-state index in [1.165, 1.54) is 11.0 Å². The minimum atomic E-state index is -0.735. The largest absolute Gasteiger partial charge is 0.504 e. The number of benzene rings is 1. The lowest BCUT2D eigenvalue weighted by Crippen LogP contribution is -2.72. The number of imide groups is 1. The van der Waals surface area contributed by atoms with Crippen LogP contribution >= 0.6 is 0 Å². The van der Waals surface area contributed by atoms with Gasteiger partial charge in [-0.15, -0.1) is 0 Å². The van der Waals surface area contributed by atoms with E-state index in [2.05, 4.69) is 16.0 Å². The molecular weight excluding hydrogens is 352 g/mol. The molecule has 1 aromatic rings. The number of fused-ring (bicyclic) bond motifs is 1. The van der Waals surface area contributed by atoms with Gasteiger partial charge in [0, 0.05) is 6.54 Å². The number of urea groups is 2. The molecule has 0 aromatic heterocycles. The van der Waals surface area contributed by atoms with Crippen LogP contribution in [0.25, 0.3) is 0 Å². The van der Waals surface area contributed by atoms with Gasteiger partial charge in [-0.25, -0.2) is 9.59 Å². The van der Waals surface area contributed by atoms with Crippen LogP contribution in [0.15, 0.2) is 18.2 Å². The predicted molar refractivity (Wildman–Crippen MR) is 96.1 cm³/mol. The first-order valence-corrected chi connectivity index (χ1v) is 9.10. The van der Waals surface area contributed by atoms with Crippen LogP contribution in [0.5, 0.6) is 11.5 Å². The molecule has 2 aliphatic heterocycles. The van der Waals surface area contributed by atoms with Gasteiger partial charge in [0.05, 0.1) is 12.6 Å². The Morgan fingerprint density at radius 1 is 1.19 bits per heavy atom. The molecule has 0 radical (unpaired) electrons. The van der Waals surface area contributed by atoms with Crippen LogP contribution in [0.3, 0.4) is 0 Å². The molecule has 4 N–H and O–H groups in total. The molecule has 9 heteroatoms. The number of nitrogens with zero attached hydrogens (tertiary/aromatic N) is 1. The van der Waals surface area contributed by atoms with Crippen molar-refractivity contribution in [3.8, 4) is 11.5 Å². The molecule has 3 rings (SSSR count). The van der Waals surface area contributed by atoms with Crippen LogP contribution in [-0.2, 0) is 4.79 Å². The SMILES string of the molecule is CCCCN1C(=O)NC(=O)C2C(c3ccc(O)c(OCC)c3)NC(=O)NC21. The number of aromatic hydroxyl groups is 1. The highest BCUT2D eigenvalue weighted by atomic mass is 16.5. The fourth-order valence-corrected chi connectivity index (χ4v) is 3.49. The van der Waals surface area contributed by atoms with E-state index in [1.807, 2.05) is 6.92 Å². The second-order valence-electron chi connectivity index (χ2n) is 6.57. The Bertz CT molecular complexity index is 753. The standard InChI is InChI=1S/C18H24N4O5/c1-3-5-8-22-15-13(16(24)21-18(22)26)14(19-17(25)20-15)10-6-7-11(23)12(9-10)27-4-2/h6-7,9,13-15,23H,3-5,8H2,1-2H3,(H2,19,20,25)(H,21,24,26). The van der Waals surface area contributed by atoms with Crippen LogP contribution in [0, 0.1) is 5.92 Å². The average Bonchev–Trinajstić information content (AvgIpc) is 2.62. The molecule has 2 fully saturated rings. The Morgan fingerprint density at radius 3 is 2.67 bits per heavy atom. The molecule has 27 heavy (non-hydrogen) atoms. The van der Waals surface area contributed by atoms with Crippen molar-refractivity contribution >= 4 is 18.0 Å². The molecule has 2 saturated heterocycles. The van der Waals surface area contributed by atoms with E-state index >= 15 is 0 Å². The zero-order valence-electron chi connectivity index (χ0n) is 15.3. The third-order valence-electron chi connectivity index (χ3n) is 4.79. The minimum absolute atomic E-state index is 0.0229. The lowest BCUT2D eigenvalue weighted by Gasteiger charge is -2.46. The molecule has 5 amide bonds. The number of carbonyl (C=O) groups is 3. The van der Waals surface area contributed by atoms with Crippen LogP contribution in [0.4, 0.5) is 9.59 Å². The van der Waals surface area contributed by atoms with Gasteiger partial charge in [0.15, 0.2) is 11.5 Å². The van der Waals surface area contributed by atoms with Crippen molar-refractivity contribution in [3.63, 3.8) is 0 Å². The van der Waals surface area contributed by atoms with Gasteiger partial charge in [-0.05, 0) is 31.0 Å². The van der Waals surface area contributed by atoms with E-state index < -0.39 is 36.1 Å². The molecule has 1 aromatic carbocycles. The first kappa shape index (κ1) is 18.8. The van der Waals surface area contributed by atoms with Gasteiger partial charge in [-0.1, -0.05) is 19.4 Å². The van der Waals surface area contributed by atoms with E-state index in [4.69, 9.17) is 4.74 Å². The number of rotatable bonds is 6. The fourth-order valence-electron chi connectivity index (χ4n) is 3.49. The summed E-state index contributed by atoms with van der Waals surface area (Å²) in [6.07, 6.45) is 0.897. The summed E-state index contributed by atoms with van der Waals surface area (Å²) >= 11 is 0. The number of hydrogen-bond acceptors (Lipinski definition) is 5. The summed E-state index contributed by atoms with van der Waals surface area (Å²) in [7, 11) is 0. The molecular formula is C18H24N4O5. The van der Waals surface area contributed by atoms with E-state index in [-0.39, 0.29) is 11.5 Å². The second-order valence-corrected chi connectivity index (χ2v) is 6.57. The highest BCUT2D eigenvalue weighted by Gasteiger charge is 2.49. The van der Waals surface area contributed by atoms with Crippen molar-refractivity contribution in [3.05, 3.63) is 23.8 Å². The molecule has 3 unspecified atom stereocenters. The number of carbonyl (C=O) groups excluding carboxylic acids is 3. The minimum Gasteiger partial charge on any atom is -0.504 e. The van der Waals surface area contributed by atoms with Crippen molar-refractivity contribution in [1.29, 1.82) is 0 Å². The van der Waals surface area contributed by atoms with E-state index in [1.54, 1.807) is 19.1 Å². The van der Waals surface area contributed by atoms with Gasteiger partial charge in [-0.3, -0.25) is 10.1 Å². The van der Waals surface area contributed by atoms with Crippen molar-refractivity contribution < 1.29 is 24.2 Å². The molecule has 0 spiro atoms. The van der Waals surface area contributed by atoms with Crippen molar-refractivity contribution in [2.75, 3.05) is 13.2 Å². The molecule has 0 aliphatic carbocycles. The summed E-state index contributed by atoms with van der Waals surface area (Å²) in [5.74, 6) is -0.919. The maximum atomic E-state index is 12.6. The quantitative estimate of drug-likeness (QED) is 0.599. The number of phenolic OH excluding ortho intramolecular Hbond substituents is 1. The predicted octanol–water partition coefficient (Wildman–Crippen LogP) is 1.44. The highest BCUT2D eigenvalue weighted by Crippen LogP contribution is 2.36. The van der Waals surface area contributed by atoms with Gasteiger partial charge in [0.1, 0.15) is 12.1 Å². The average molecular weight is 376 g/mol. The summed E-state index contributed by atoms with van der Waals surface area (Å²) < 4.78 is 5.41. The Labute approximate surface area is 157 Å². The summed E-state index contributed by atoms with van der Waals surface area (Å²) in [4.78, 5) is 38.6. The zero-order chi connectivity index (χ0) is 19.6. The summed E-state index contributed by atoms with van der Waals surface area (Å²) in [5, 5.41) is 17.8. The number of ether oxygens (including phenoxy) is 1. The van der Waals surface area contributed by atoms with Crippen LogP contribution in [-0.4, -0.2) is 47.3 Å². The topological polar surface area (TPSA) is 120 Å². The van der Waals surface area contributed by atoms with Crippen molar-refractivity contribution in [2.45, 2.75) is 38.9 Å². The number of unbranched alkanes of at least 4 members (excludes halogenated alkanes) is 1. The molecule has 0 saturated carbocycles. The van der Waals surface area contributed by atoms with Crippen molar-refractivity contribution in [1.82, 2.24) is 20.9 Å². The molecule has 146 valence electrons. The molecule has 9 nitrogen and oxygen atoms in total. The molecule has 2 heterocycles. The van der Waals surface area contributed by atoms with Gasteiger partial charge in [0.25, 0.3) is 0 Å². The third-order valence-corrected chi connectivity index (χ3v) is 4.79. The van der Waals surface area contributed by atoms with Gasteiger partial charge in [0.2, 0.25) is 5.91 Å².